The van der Waals surface area contributed by atoms with Gasteiger partial charge in [-0.15, -0.1) is 0 Å². The third-order valence-corrected chi connectivity index (χ3v) is 3.59. The van der Waals surface area contributed by atoms with Gasteiger partial charge in [0.1, 0.15) is 0 Å². The summed E-state index contributed by atoms with van der Waals surface area (Å²) in [6.07, 6.45) is 4.34. The van der Waals surface area contributed by atoms with Gasteiger partial charge in [0.25, 0.3) is 5.69 Å². The lowest BCUT2D eigenvalue weighted by Gasteiger charge is -2.06. The zero-order chi connectivity index (χ0) is 20.0. The predicted molar refractivity (Wildman–Crippen MR) is 105 cm³/mol. The van der Waals surface area contributed by atoms with Crippen LogP contribution >= 0.6 is 0 Å². The van der Waals surface area contributed by atoms with Crippen LogP contribution in [0.1, 0.15) is 22.3 Å². The van der Waals surface area contributed by atoms with E-state index in [1.807, 2.05) is 54.9 Å². The van der Waals surface area contributed by atoms with Crippen molar-refractivity contribution in [2.75, 3.05) is 13.2 Å². The molecule has 1 N–H and O–H groups in total. The normalized spacial score (nSPS) is 9.86. The van der Waals surface area contributed by atoms with Crippen LogP contribution in [0.25, 0.3) is 0 Å². The molecule has 0 aliphatic rings. The number of benzene rings is 2. The number of nitrogens with zero attached hydrogens (tertiary/aromatic N) is 1. The number of carbonyl (C=O) groups is 1. The fourth-order valence-corrected chi connectivity index (χ4v) is 2.17. The molecule has 146 valence electrons. The highest BCUT2D eigenvalue weighted by atomic mass is 16.6. The van der Waals surface area contributed by atoms with Gasteiger partial charge in [-0.1, -0.05) is 30.3 Å². The van der Waals surface area contributed by atoms with E-state index in [0.29, 0.717) is 25.2 Å². The van der Waals surface area contributed by atoms with Crippen LogP contribution in [0, 0.1) is 10.1 Å². The monoisotopic (exact) mass is 382 g/mol. The lowest BCUT2D eigenvalue weighted by molar-refractivity contribution is -0.384. The summed E-state index contributed by atoms with van der Waals surface area (Å²) in [4.78, 5) is 24.6. The highest BCUT2D eigenvalue weighted by Crippen LogP contribution is 2.12. The number of carbonyl (C=O) groups excluding carboxylic acids is 1. The first-order chi connectivity index (χ1) is 13.7. The number of hydrogen-bond acceptors (Lipinski definition) is 5. The summed E-state index contributed by atoms with van der Waals surface area (Å²) in [6, 6.07) is 19.0. The summed E-state index contributed by atoms with van der Waals surface area (Å²) in [5, 5.41) is 10.5. The molecule has 2 aromatic carbocycles. The summed E-state index contributed by atoms with van der Waals surface area (Å²) in [7, 11) is 0. The Morgan fingerprint density at radius 3 is 2.18 bits per heavy atom. The highest BCUT2D eigenvalue weighted by Gasteiger charge is 2.10. The number of esters is 1. The number of H-pyrrole nitrogens is 1. The standard InChI is InChI=1S/C17H17NO5.C4H5N/c19-17(15-7-9-16(10-8-15)18(20)21)23-12-4-11-22-13-14-5-2-1-3-6-14;1-2-4-5-3-1/h1-3,5-10H,4,11-13H2;1-5H. The molecular weight excluding hydrogens is 360 g/mol. The molecule has 1 heterocycles. The van der Waals surface area contributed by atoms with Crippen molar-refractivity contribution in [3.8, 4) is 0 Å². The Morgan fingerprint density at radius 2 is 1.61 bits per heavy atom. The molecule has 7 heteroatoms. The van der Waals surface area contributed by atoms with Gasteiger partial charge in [-0.2, -0.15) is 0 Å². The number of nitro groups is 1. The topological polar surface area (TPSA) is 94.5 Å². The number of rotatable bonds is 8. The van der Waals surface area contributed by atoms with Crippen LogP contribution in [0.4, 0.5) is 5.69 Å². The molecule has 1 aromatic heterocycles. The Kier molecular flexibility index (Phi) is 8.96. The van der Waals surface area contributed by atoms with Crippen LogP contribution in [0.15, 0.2) is 79.1 Å². The number of nitrogens with one attached hydrogen (secondary N) is 1. The zero-order valence-corrected chi connectivity index (χ0v) is 15.3. The van der Waals surface area contributed by atoms with Crippen molar-refractivity contribution in [3.63, 3.8) is 0 Å². The van der Waals surface area contributed by atoms with Gasteiger partial charge in [-0.05, 0) is 29.8 Å². The van der Waals surface area contributed by atoms with Crippen molar-refractivity contribution in [2.45, 2.75) is 13.0 Å². The van der Waals surface area contributed by atoms with Crippen LogP contribution in [0.2, 0.25) is 0 Å². The molecular formula is C21H22N2O5. The van der Waals surface area contributed by atoms with E-state index in [9.17, 15) is 14.9 Å². The van der Waals surface area contributed by atoms with Crippen molar-refractivity contribution in [1.82, 2.24) is 4.98 Å². The van der Waals surface area contributed by atoms with E-state index in [1.165, 1.54) is 24.3 Å². The van der Waals surface area contributed by atoms with E-state index in [1.54, 1.807) is 0 Å². The first-order valence-corrected chi connectivity index (χ1v) is 8.78. The summed E-state index contributed by atoms with van der Waals surface area (Å²) in [5.41, 5.74) is 1.33. The van der Waals surface area contributed by atoms with Crippen LogP contribution in [0.3, 0.4) is 0 Å². The maximum atomic E-state index is 11.7. The van der Waals surface area contributed by atoms with Gasteiger partial charge in [0, 0.05) is 30.9 Å². The molecule has 3 rings (SSSR count). The Hall–Kier alpha value is -3.45. The third-order valence-electron chi connectivity index (χ3n) is 3.59. The Balaban J connectivity index is 0.000000485. The van der Waals surface area contributed by atoms with Crippen molar-refractivity contribution in [2.24, 2.45) is 0 Å². The molecule has 0 aliphatic carbocycles. The lowest BCUT2D eigenvalue weighted by Crippen LogP contribution is -2.08. The van der Waals surface area contributed by atoms with Crippen molar-refractivity contribution < 1.29 is 19.2 Å². The van der Waals surface area contributed by atoms with Gasteiger partial charge in [0.2, 0.25) is 0 Å². The van der Waals surface area contributed by atoms with Gasteiger partial charge < -0.3 is 14.5 Å². The Bertz CT molecular complexity index is 801. The van der Waals surface area contributed by atoms with Gasteiger partial charge in [0.15, 0.2) is 0 Å². The summed E-state index contributed by atoms with van der Waals surface area (Å²) < 4.78 is 10.6. The number of aromatic amines is 1. The SMILES string of the molecule is O=C(OCCCOCc1ccccc1)c1ccc([N+](=O)[O-])cc1.c1cc[nH]c1. The number of hydrogen-bond donors (Lipinski definition) is 1. The Labute approximate surface area is 163 Å². The average Bonchev–Trinajstić information content (AvgIpc) is 3.31. The highest BCUT2D eigenvalue weighted by molar-refractivity contribution is 5.89. The molecule has 7 nitrogen and oxygen atoms in total. The number of ether oxygens (including phenoxy) is 2. The van der Waals surface area contributed by atoms with E-state index in [2.05, 4.69) is 4.98 Å². The summed E-state index contributed by atoms with van der Waals surface area (Å²) in [5.74, 6) is -0.497. The van der Waals surface area contributed by atoms with Gasteiger partial charge in [-0.3, -0.25) is 10.1 Å². The van der Waals surface area contributed by atoms with E-state index >= 15 is 0 Å². The second-order valence-corrected chi connectivity index (χ2v) is 5.72. The smallest absolute Gasteiger partial charge is 0.338 e. The molecule has 0 saturated heterocycles. The van der Waals surface area contributed by atoms with E-state index in [0.717, 1.165) is 5.56 Å². The zero-order valence-electron chi connectivity index (χ0n) is 15.3. The largest absolute Gasteiger partial charge is 0.462 e. The van der Waals surface area contributed by atoms with Crippen LogP contribution in [0.5, 0.6) is 0 Å². The Morgan fingerprint density at radius 1 is 0.929 bits per heavy atom. The predicted octanol–water partition coefficient (Wildman–Crippen LogP) is 4.37. The second-order valence-electron chi connectivity index (χ2n) is 5.72. The van der Waals surface area contributed by atoms with E-state index in [-0.39, 0.29) is 12.3 Å². The third kappa shape index (κ3) is 7.84. The lowest BCUT2D eigenvalue weighted by atomic mass is 10.2. The molecule has 3 aromatic rings. The molecule has 0 amide bonds. The number of nitro benzene ring substituents is 1. The van der Waals surface area contributed by atoms with Crippen LogP contribution in [-0.2, 0) is 16.1 Å². The maximum absolute atomic E-state index is 11.7. The van der Waals surface area contributed by atoms with E-state index < -0.39 is 10.9 Å². The van der Waals surface area contributed by atoms with Crippen LogP contribution < -0.4 is 0 Å². The van der Waals surface area contributed by atoms with Crippen molar-refractivity contribution in [3.05, 3.63) is 100 Å². The van der Waals surface area contributed by atoms with E-state index in [4.69, 9.17) is 9.47 Å². The number of aromatic nitrogens is 1. The van der Waals surface area contributed by atoms with Crippen molar-refractivity contribution >= 4 is 11.7 Å². The molecule has 0 atom stereocenters. The van der Waals surface area contributed by atoms with Gasteiger partial charge >= 0.3 is 5.97 Å². The van der Waals surface area contributed by atoms with Crippen LogP contribution in [-0.4, -0.2) is 29.1 Å². The molecule has 0 spiro atoms. The molecule has 0 bridgehead atoms. The summed E-state index contributed by atoms with van der Waals surface area (Å²) >= 11 is 0. The first kappa shape index (κ1) is 20.9. The van der Waals surface area contributed by atoms with Gasteiger partial charge in [-0.25, -0.2) is 4.79 Å². The molecule has 0 fully saturated rings. The molecule has 28 heavy (non-hydrogen) atoms. The minimum Gasteiger partial charge on any atom is -0.462 e. The molecule has 0 radical (unpaired) electrons. The quantitative estimate of drug-likeness (QED) is 0.270. The number of non-ortho nitro benzene ring substituents is 1. The summed E-state index contributed by atoms with van der Waals surface area (Å²) in [6.45, 7) is 1.25. The average molecular weight is 382 g/mol. The molecule has 0 unspecified atom stereocenters. The maximum Gasteiger partial charge on any atom is 0.338 e. The van der Waals surface area contributed by atoms with Crippen molar-refractivity contribution in [1.29, 1.82) is 0 Å². The first-order valence-electron chi connectivity index (χ1n) is 8.78. The minimum absolute atomic E-state index is 0.0594. The second kappa shape index (κ2) is 12.0. The molecule has 0 aliphatic heterocycles. The fraction of sp³-hybridized carbons (Fsp3) is 0.190. The van der Waals surface area contributed by atoms with Gasteiger partial charge in [0.05, 0.1) is 30.3 Å². The fourth-order valence-electron chi connectivity index (χ4n) is 2.17. The minimum atomic E-state index is -0.515. The molecule has 0 saturated carbocycles.